The summed E-state index contributed by atoms with van der Waals surface area (Å²) in [6.07, 6.45) is 1.79. The molecule has 0 amide bonds. The molecule has 0 fully saturated rings. The van der Waals surface area contributed by atoms with Gasteiger partial charge in [0.05, 0.1) is 19.0 Å². The zero-order chi connectivity index (χ0) is 18.8. The molecule has 0 saturated carbocycles. The van der Waals surface area contributed by atoms with E-state index in [0.29, 0.717) is 33.9 Å². The summed E-state index contributed by atoms with van der Waals surface area (Å²) in [5.74, 6) is 1.37. The number of nitrogens with zero attached hydrogens (tertiary/aromatic N) is 4. The predicted molar refractivity (Wildman–Crippen MR) is 115 cm³/mol. The highest BCUT2D eigenvalue weighted by atomic mass is 32.1. The monoisotopic (exact) mass is 412 g/mol. The Morgan fingerprint density at radius 1 is 1.04 bits per heavy atom. The van der Waals surface area contributed by atoms with Gasteiger partial charge in [-0.15, -0.1) is 30.4 Å². The van der Waals surface area contributed by atoms with Crippen LogP contribution in [0.4, 0.5) is 0 Å². The van der Waals surface area contributed by atoms with Crippen LogP contribution in [0.25, 0.3) is 16.9 Å². The van der Waals surface area contributed by atoms with Crippen LogP contribution in [0.3, 0.4) is 0 Å². The summed E-state index contributed by atoms with van der Waals surface area (Å²) < 4.78 is 13.0. The van der Waals surface area contributed by atoms with Gasteiger partial charge in [-0.2, -0.15) is 0 Å². The van der Waals surface area contributed by atoms with E-state index in [1.54, 1.807) is 17.8 Å². The Hall–Kier alpha value is -2.71. The fourth-order valence-electron chi connectivity index (χ4n) is 2.71. The molecular formula is C20H20N4O2S2. The Bertz CT molecular complexity index is 1100. The number of hydrogen-bond donors (Lipinski definition) is 2. The Morgan fingerprint density at radius 2 is 1.82 bits per heavy atom. The molecule has 2 aromatic carbocycles. The smallest absolute Gasteiger partial charge is 0.205 e. The molecule has 0 aliphatic carbocycles. The fraction of sp³-hybridized carbons (Fsp3) is 0.150. The number of thiol groups is 2. The van der Waals surface area contributed by atoms with Gasteiger partial charge in [-0.1, -0.05) is 37.8 Å². The minimum Gasteiger partial charge on any atom is -0.496 e. The molecule has 0 radical (unpaired) electrons. The average molecular weight is 413 g/mol. The summed E-state index contributed by atoms with van der Waals surface area (Å²) >= 11 is 8.51. The maximum atomic E-state index is 5.87. The predicted octanol–water partition coefficient (Wildman–Crippen LogP) is 4.59. The van der Waals surface area contributed by atoms with Gasteiger partial charge in [0.2, 0.25) is 5.16 Å². The van der Waals surface area contributed by atoms with Crippen LogP contribution in [0, 0.1) is 0 Å². The molecule has 0 saturated heterocycles. The van der Waals surface area contributed by atoms with Crippen LogP contribution < -0.4 is 9.47 Å². The largest absolute Gasteiger partial charge is 0.496 e. The molecule has 0 N–H and O–H groups in total. The minimum absolute atomic E-state index is 0. The highest BCUT2D eigenvalue weighted by molar-refractivity contribution is 7.80. The van der Waals surface area contributed by atoms with E-state index in [1.165, 1.54) is 0 Å². The number of hydrogen-bond acceptors (Lipinski definition) is 7. The van der Waals surface area contributed by atoms with Gasteiger partial charge in [0.1, 0.15) is 23.1 Å². The lowest BCUT2D eigenvalue weighted by molar-refractivity contribution is 0.304. The molecule has 0 aliphatic rings. The third kappa shape index (κ3) is 4.07. The van der Waals surface area contributed by atoms with Crippen molar-refractivity contribution in [2.75, 3.05) is 7.11 Å². The number of rotatable bonds is 5. The van der Waals surface area contributed by atoms with Crippen LogP contribution in [0.2, 0.25) is 0 Å². The van der Waals surface area contributed by atoms with Crippen molar-refractivity contribution >= 4 is 30.9 Å². The van der Waals surface area contributed by atoms with Crippen molar-refractivity contribution in [3.63, 3.8) is 0 Å². The molecule has 0 aliphatic heterocycles. The van der Waals surface area contributed by atoms with E-state index in [4.69, 9.17) is 9.47 Å². The Kier molecular flexibility index (Phi) is 6.11. The zero-order valence-corrected chi connectivity index (χ0v) is 16.2. The number of imidazole rings is 1. The first-order chi connectivity index (χ1) is 13.1. The van der Waals surface area contributed by atoms with Crippen LogP contribution in [-0.2, 0) is 6.61 Å². The Labute approximate surface area is 174 Å². The second-order valence-corrected chi connectivity index (χ2v) is 6.59. The van der Waals surface area contributed by atoms with E-state index < -0.39 is 0 Å². The third-order valence-electron chi connectivity index (χ3n) is 3.99. The van der Waals surface area contributed by atoms with Crippen LogP contribution in [0.5, 0.6) is 11.5 Å². The van der Waals surface area contributed by atoms with Crippen molar-refractivity contribution < 1.29 is 9.47 Å². The van der Waals surface area contributed by atoms with E-state index in [-0.39, 0.29) is 7.43 Å². The minimum atomic E-state index is 0. The second-order valence-electron chi connectivity index (χ2n) is 5.77. The first-order valence-corrected chi connectivity index (χ1v) is 9.04. The molecule has 0 atom stereocenters. The normalized spacial score (nSPS) is 10.5. The topological polar surface area (TPSA) is 61.5 Å². The fourth-order valence-corrected chi connectivity index (χ4v) is 3.23. The Morgan fingerprint density at radius 3 is 2.57 bits per heavy atom. The zero-order valence-electron chi connectivity index (χ0n) is 14.4. The van der Waals surface area contributed by atoms with Crippen molar-refractivity contribution in [3.8, 4) is 22.8 Å². The molecule has 144 valence electrons. The first-order valence-electron chi connectivity index (χ1n) is 8.14. The second kappa shape index (κ2) is 8.53. The lowest BCUT2D eigenvalue weighted by Gasteiger charge is -2.10. The van der Waals surface area contributed by atoms with Gasteiger partial charge in [0.25, 0.3) is 0 Å². The van der Waals surface area contributed by atoms with E-state index >= 15 is 0 Å². The van der Waals surface area contributed by atoms with Crippen molar-refractivity contribution in [2.45, 2.75) is 24.2 Å². The molecule has 8 heteroatoms. The molecule has 28 heavy (non-hydrogen) atoms. The highest BCUT2D eigenvalue weighted by Gasteiger charge is 2.14. The van der Waals surface area contributed by atoms with E-state index in [1.807, 2.05) is 48.5 Å². The molecule has 0 unspecified atom stereocenters. The maximum Gasteiger partial charge on any atom is 0.205 e. The van der Waals surface area contributed by atoms with Crippen molar-refractivity contribution in [1.29, 1.82) is 0 Å². The molecule has 4 aromatic rings. The first kappa shape index (κ1) is 20.0. The number of fused-ring (bicyclic) bond motifs is 1. The van der Waals surface area contributed by atoms with Crippen molar-refractivity contribution in [2.24, 2.45) is 0 Å². The van der Waals surface area contributed by atoms with E-state index in [2.05, 4.69) is 40.3 Å². The van der Waals surface area contributed by atoms with Gasteiger partial charge < -0.3 is 9.47 Å². The average Bonchev–Trinajstić information content (AvgIpc) is 3.11. The number of benzene rings is 2. The Balaban J connectivity index is 0.00000225. The molecule has 0 spiro atoms. The highest BCUT2D eigenvalue weighted by Crippen LogP contribution is 2.33. The third-order valence-corrected chi connectivity index (χ3v) is 4.48. The van der Waals surface area contributed by atoms with Gasteiger partial charge in [0.15, 0.2) is 5.65 Å². The molecule has 2 heterocycles. The summed E-state index contributed by atoms with van der Waals surface area (Å²) in [4.78, 5) is 8.66. The molecule has 4 rings (SSSR count). The van der Waals surface area contributed by atoms with E-state index in [9.17, 15) is 0 Å². The summed E-state index contributed by atoms with van der Waals surface area (Å²) in [6.45, 7) is 0.487. The molecule has 6 nitrogen and oxygen atoms in total. The molecule has 0 bridgehead atoms. The van der Waals surface area contributed by atoms with Gasteiger partial charge >= 0.3 is 0 Å². The lowest BCUT2D eigenvalue weighted by atomic mass is 10.1. The summed E-state index contributed by atoms with van der Waals surface area (Å²) in [5.41, 5.74) is 3.18. The summed E-state index contributed by atoms with van der Waals surface area (Å²) in [5, 5.41) is 5.00. The van der Waals surface area contributed by atoms with Crippen molar-refractivity contribution in [1.82, 2.24) is 19.6 Å². The van der Waals surface area contributed by atoms with E-state index in [0.717, 1.165) is 16.9 Å². The molecule has 2 aromatic heterocycles. The number of aromatic nitrogens is 4. The summed E-state index contributed by atoms with van der Waals surface area (Å²) in [7, 11) is 1.62. The van der Waals surface area contributed by atoms with Crippen molar-refractivity contribution in [3.05, 3.63) is 60.3 Å². The quantitative estimate of drug-likeness (QED) is 0.470. The standard InChI is InChI=1S/C19H16N4O2S2.CH4/c1-24-16-9-13(25-11-12-5-3-2-4-6-12)7-8-14(16)15-10-23-17(20-15)18(26)21-19(27)22-23;/h2-10H,11H2,1H3,(H2,21,22,26,27);1H4. The van der Waals surface area contributed by atoms with Crippen LogP contribution in [0.1, 0.15) is 13.0 Å². The number of ether oxygens (including phenoxy) is 2. The lowest BCUT2D eigenvalue weighted by Crippen LogP contribution is -1.96. The van der Waals surface area contributed by atoms with Crippen LogP contribution in [-0.4, -0.2) is 26.7 Å². The van der Waals surface area contributed by atoms with Crippen LogP contribution >= 0.6 is 25.3 Å². The van der Waals surface area contributed by atoms with Gasteiger partial charge in [-0.25, -0.2) is 14.5 Å². The van der Waals surface area contributed by atoms with Gasteiger partial charge in [-0.3, -0.25) is 0 Å². The van der Waals surface area contributed by atoms with Crippen LogP contribution in [0.15, 0.2) is 64.9 Å². The number of methoxy groups -OCH3 is 1. The maximum absolute atomic E-state index is 5.87. The summed E-state index contributed by atoms with van der Waals surface area (Å²) in [6, 6.07) is 15.6. The SMILES string of the molecule is C.COc1cc(OCc2ccccc2)ccc1-c1cn2nc(S)nc(S)c2n1. The van der Waals surface area contributed by atoms with Gasteiger partial charge in [-0.05, 0) is 17.7 Å². The van der Waals surface area contributed by atoms with Gasteiger partial charge in [0, 0.05) is 11.6 Å². The molecular weight excluding hydrogens is 392 g/mol.